The number of ether oxygens (including phenoxy) is 3. The van der Waals surface area contributed by atoms with E-state index in [1.807, 2.05) is 0 Å². The van der Waals surface area contributed by atoms with Gasteiger partial charge in [0.25, 0.3) is 15.7 Å². The van der Waals surface area contributed by atoms with E-state index in [0.29, 0.717) is 11.3 Å². The van der Waals surface area contributed by atoms with Crippen LogP contribution in [0, 0.1) is 16.0 Å². The van der Waals surface area contributed by atoms with Crippen LogP contribution in [-0.4, -0.2) is 44.1 Å². The van der Waals surface area contributed by atoms with Crippen LogP contribution in [0.25, 0.3) is 0 Å². The fraction of sp³-hybridized carbons (Fsp3) is 0.440. The third-order valence-corrected chi connectivity index (χ3v) is 6.24. The summed E-state index contributed by atoms with van der Waals surface area (Å²) in [7, 11) is -2.77. The largest absolute Gasteiger partial charge is 0.497 e. The molecule has 11 nitrogen and oxygen atoms in total. The zero-order valence-electron chi connectivity index (χ0n) is 21.9. The quantitative estimate of drug-likeness (QED) is 0.204. The molecule has 0 saturated heterocycles. The number of nitrogens with one attached hydrogen (secondary N) is 1. The van der Waals surface area contributed by atoms with E-state index in [-0.39, 0.29) is 16.5 Å². The molecule has 0 heterocycles. The standard InChI is InChI=1S/C25H33N3O8S/c1-16(2)35-23(27-37(32,33)21-14-10-19(11-15-21)28(30)31)17(3)22(26-24(29)36-25(4,5)6)18-8-12-20(34-7)13-9-18/h8-17,22H,1-7H3,(H,26,29). The molecule has 2 unspecified atom stereocenters. The Morgan fingerprint density at radius 2 is 1.59 bits per heavy atom. The summed E-state index contributed by atoms with van der Waals surface area (Å²) in [6, 6.07) is 10.5. The van der Waals surface area contributed by atoms with E-state index >= 15 is 0 Å². The lowest BCUT2D eigenvalue weighted by atomic mass is 9.94. The van der Waals surface area contributed by atoms with Crippen molar-refractivity contribution < 1.29 is 32.3 Å². The molecule has 37 heavy (non-hydrogen) atoms. The van der Waals surface area contributed by atoms with Crippen molar-refractivity contribution in [3.63, 3.8) is 0 Å². The summed E-state index contributed by atoms with van der Waals surface area (Å²) in [5, 5.41) is 13.7. The van der Waals surface area contributed by atoms with Gasteiger partial charge in [-0.1, -0.05) is 19.1 Å². The number of nitro benzene ring substituents is 1. The maximum absolute atomic E-state index is 13.1. The topological polar surface area (TPSA) is 146 Å². The number of rotatable bonds is 9. The minimum Gasteiger partial charge on any atom is -0.497 e. The van der Waals surface area contributed by atoms with Crippen molar-refractivity contribution in [2.45, 2.75) is 64.2 Å². The molecule has 0 fully saturated rings. The number of non-ortho nitro benzene ring substituents is 1. The second kappa shape index (κ2) is 12.0. The number of hydrogen-bond donors (Lipinski definition) is 1. The molecule has 0 spiro atoms. The van der Waals surface area contributed by atoms with Crippen LogP contribution in [-0.2, 0) is 19.5 Å². The van der Waals surface area contributed by atoms with Gasteiger partial charge < -0.3 is 19.5 Å². The maximum atomic E-state index is 13.1. The van der Waals surface area contributed by atoms with Crippen molar-refractivity contribution in [2.75, 3.05) is 7.11 Å². The molecule has 0 bridgehead atoms. The van der Waals surface area contributed by atoms with Gasteiger partial charge in [-0.2, -0.15) is 8.42 Å². The molecule has 12 heteroatoms. The molecule has 0 aliphatic rings. The molecule has 1 amide bonds. The van der Waals surface area contributed by atoms with Crippen molar-refractivity contribution in [1.29, 1.82) is 0 Å². The van der Waals surface area contributed by atoms with Crippen LogP contribution in [0.2, 0.25) is 0 Å². The summed E-state index contributed by atoms with van der Waals surface area (Å²) < 4.78 is 46.6. The van der Waals surface area contributed by atoms with Gasteiger partial charge in [0.2, 0.25) is 5.90 Å². The molecule has 0 saturated carbocycles. The molecule has 2 aromatic carbocycles. The van der Waals surface area contributed by atoms with Crippen molar-refractivity contribution in [2.24, 2.45) is 10.3 Å². The summed E-state index contributed by atoms with van der Waals surface area (Å²) in [5.41, 5.74) is -0.384. The van der Waals surface area contributed by atoms with E-state index in [9.17, 15) is 23.3 Å². The van der Waals surface area contributed by atoms with E-state index in [1.165, 1.54) is 7.11 Å². The lowest BCUT2D eigenvalue weighted by Crippen LogP contribution is -2.40. The number of nitrogens with zero attached hydrogens (tertiary/aromatic N) is 2. The molecule has 202 valence electrons. The molecule has 2 atom stereocenters. The normalized spacial score (nSPS) is 14.0. The van der Waals surface area contributed by atoms with Gasteiger partial charge in [-0.25, -0.2) is 4.79 Å². The second-order valence-corrected chi connectivity index (χ2v) is 11.1. The first kappa shape index (κ1) is 29.6. The number of alkyl carbamates (subject to hydrolysis) is 1. The lowest BCUT2D eigenvalue weighted by molar-refractivity contribution is -0.384. The van der Waals surface area contributed by atoms with Crippen LogP contribution in [0.3, 0.4) is 0 Å². The first-order valence-corrected chi connectivity index (χ1v) is 13.0. The molecule has 1 N–H and O–H groups in total. The van der Waals surface area contributed by atoms with Crippen molar-refractivity contribution in [3.05, 3.63) is 64.2 Å². The predicted octanol–water partition coefficient (Wildman–Crippen LogP) is 5.02. The lowest BCUT2D eigenvalue weighted by Gasteiger charge is -2.29. The fourth-order valence-electron chi connectivity index (χ4n) is 3.25. The number of benzene rings is 2. The first-order valence-electron chi connectivity index (χ1n) is 11.5. The van der Waals surface area contributed by atoms with Gasteiger partial charge in [0.1, 0.15) is 11.4 Å². The van der Waals surface area contributed by atoms with E-state index < -0.39 is 44.7 Å². The Balaban J connectivity index is 2.54. The summed E-state index contributed by atoms with van der Waals surface area (Å²) in [6.45, 7) is 10.3. The average molecular weight is 536 g/mol. The molecule has 0 aliphatic heterocycles. The highest BCUT2D eigenvalue weighted by Crippen LogP contribution is 2.28. The minimum atomic E-state index is -4.30. The Bertz CT molecular complexity index is 1220. The summed E-state index contributed by atoms with van der Waals surface area (Å²) in [6.07, 6.45) is -1.14. The van der Waals surface area contributed by atoms with Crippen LogP contribution in [0.1, 0.15) is 53.1 Å². The monoisotopic (exact) mass is 535 g/mol. The Morgan fingerprint density at radius 1 is 1.03 bits per heavy atom. The smallest absolute Gasteiger partial charge is 0.408 e. The molecule has 0 aliphatic carbocycles. The third-order valence-electron chi connectivity index (χ3n) is 4.95. The van der Waals surface area contributed by atoms with Gasteiger partial charge in [0.15, 0.2) is 0 Å². The van der Waals surface area contributed by atoms with Crippen LogP contribution in [0.4, 0.5) is 10.5 Å². The van der Waals surface area contributed by atoms with Crippen LogP contribution in [0.15, 0.2) is 57.8 Å². The molecule has 0 aromatic heterocycles. The molecule has 2 aromatic rings. The van der Waals surface area contributed by atoms with Gasteiger partial charge in [-0.15, -0.1) is 4.40 Å². The first-order chi connectivity index (χ1) is 17.1. The summed E-state index contributed by atoms with van der Waals surface area (Å²) in [5.74, 6) is -0.318. The van der Waals surface area contributed by atoms with Gasteiger partial charge in [-0.05, 0) is 64.4 Å². The maximum Gasteiger partial charge on any atom is 0.408 e. The van der Waals surface area contributed by atoms with E-state index in [0.717, 1.165) is 24.3 Å². The van der Waals surface area contributed by atoms with Crippen LogP contribution in [0.5, 0.6) is 5.75 Å². The summed E-state index contributed by atoms with van der Waals surface area (Å²) in [4.78, 5) is 22.8. The van der Waals surface area contributed by atoms with E-state index in [2.05, 4.69) is 9.71 Å². The Morgan fingerprint density at radius 3 is 2.05 bits per heavy atom. The average Bonchev–Trinajstić information content (AvgIpc) is 2.80. The van der Waals surface area contributed by atoms with Crippen LogP contribution >= 0.6 is 0 Å². The summed E-state index contributed by atoms with van der Waals surface area (Å²) >= 11 is 0. The van der Waals surface area contributed by atoms with Gasteiger partial charge >= 0.3 is 6.09 Å². The SMILES string of the molecule is COc1ccc(C(NC(=O)OC(C)(C)C)C(C)C(=NS(=O)(=O)c2ccc([N+](=O)[O-])cc2)OC(C)C)cc1. The Hall–Kier alpha value is -3.67. The number of hydrogen-bond acceptors (Lipinski definition) is 8. The van der Waals surface area contributed by atoms with Gasteiger partial charge in [-0.3, -0.25) is 10.1 Å². The highest BCUT2D eigenvalue weighted by atomic mass is 32.2. The number of nitro groups is 1. The molecule has 2 rings (SSSR count). The Kier molecular flexibility index (Phi) is 9.62. The second-order valence-electron chi connectivity index (χ2n) is 9.51. The highest BCUT2D eigenvalue weighted by Gasteiger charge is 2.31. The third kappa shape index (κ3) is 8.74. The van der Waals surface area contributed by atoms with Crippen molar-refractivity contribution in [1.82, 2.24) is 5.32 Å². The van der Waals surface area contributed by atoms with Gasteiger partial charge in [0, 0.05) is 12.1 Å². The molecular weight excluding hydrogens is 502 g/mol. The zero-order valence-corrected chi connectivity index (χ0v) is 22.7. The molecule has 0 radical (unpaired) electrons. The zero-order chi connectivity index (χ0) is 28.0. The van der Waals surface area contributed by atoms with E-state index in [4.69, 9.17) is 14.2 Å². The van der Waals surface area contributed by atoms with E-state index in [1.54, 1.807) is 65.8 Å². The fourth-order valence-corrected chi connectivity index (χ4v) is 4.28. The van der Waals surface area contributed by atoms with Crippen molar-refractivity contribution >= 4 is 27.7 Å². The Labute approximate surface area is 217 Å². The van der Waals surface area contributed by atoms with Gasteiger partial charge in [0.05, 0.1) is 35.0 Å². The number of methoxy groups -OCH3 is 1. The number of carbonyl (C=O) groups excluding carboxylic acids is 1. The van der Waals surface area contributed by atoms with Crippen molar-refractivity contribution in [3.8, 4) is 5.75 Å². The predicted molar refractivity (Wildman–Crippen MR) is 138 cm³/mol. The highest BCUT2D eigenvalue weighted by molar-refractivity contribution is 7.90. The molecular formula is C25H33N3O8S. The number of amides is 1. The number of sulfonamides is 1. The number of carbonyl (C=O) groups is 1. The minimum absolute atomic E-state index is 0.148. The van der Waals surface area contributed by atoms with Crippen LogP contribution < -0.4 is 10.1 Å².